The Morgan fingerprint density at radius 3 is 2.79 bits per heavy atom. The molecular weight excluding hydrogens is 189 g/mol. The Kier molecular flexibility index (Phi) is 3.14. The SMILES string of the molecule is CC(CO)c1cccc([N+](=O)[O-])c1F. The number of benzene rings is 1. The van der Waals surface area contributed by atoms with Gasteiger partial charge in [-0.05, 0) is 0 Å². The molecule has 0 aliphatic heterocycles. The van der Waals surface area contributed by atoms with Gasteiger partial charge in [-0.2, -0.15) is 4.39 Å². The first-order valence-corrected chi connectivity index (χ1v) is 4.11. The first kappa shape index (κ1) is 10.6. The number of aliphatic hydroxyl groups excluding tert-OH is 1. The molecule has 0 spiro atoms. The van der Waals surface area contributed by atoms with Gasteiger partial charge in [0.2, 0.25) is 5.82 Å². The van der Waals surface area contributed by atoms with E-state index in [9.17, 15) is 14.5 Å². The highest BCUT2D eigenvalue weighted by Crippen LogP contribution is 2.25. The van der Waals surface area contributed by atoms with Gasteiger partial charge in [0.15, 0.2) is 0 Å². The van der Waals surface area contributed by atoms with E-state index in [0.717, 1.165) is 6.07 Å². The van der Waals surface area contributed by atoms with Crippen LogP contribution in [0.5, 0.6) is 0 Å². The minimum atomic E-state index is -0.862. The van der Waals surface area contributed by atoms with Crippen LogP contribution >= 0.6 is 0 Å². The largest absolute Gasteiger partial charge is 0.396 e. The van der Waals surface area contributed by atoms with Gasteiger partial charge in [0.1, 0.15) is 0 Å². The van der Waals surface area contributed by atoms with E-state index in [1.165, 1.54) is 12.1 Å². The molecule has 0 aliphatic rings. The fraction of sp³-hybridized carbons (Fsp3) is 0.333. The van der Waals surface area contributed by atoms with Crippen LogP contribution in [0.2, 0.25) is 0 Å². The lowest BCUT2D eigenvalue weighted by Crippen LogP contribution is -2.04. The molecule has 1 unspecified atom stereocenters. The van der Waals surface area contributed by atoms with E-state index in [1.54, 1.807) is 6.92 Å². The highest BCUT2D eigenvalue weighted by Gasteiger charge is 2.19. The number of halogens is 1. The topological polar surface area (TPSA) is 63.4 Å². The van der Waals surface area contributed by atoms with Crippen molar-refractivity contribution in [3.8, 4) is 0 Å². The Bertz CT molecular complexity index is 354. The third kappa shape index (κ3) is 1.88. The second-order valence-electron chi connectivity index (χ2n) is 3.02. The lowest BCUT2D eigenvalue weighted by Gasteiger charge is -2.08. The minimum absolute atomic E-state index is 0.168. The second kappa shape index (κ2) is 4.15. The Hall–Kier alpha value is -1.49. The molecule has 0 fully saturated rings. The van der Waals surface area contributed by atoms with Gasteiger partial charge in [-0.3, -0.25) is 10.1 Å². The molecule has 0 amide bonds. The van der Waals surface area contributed by atoms with Crippen LogP contribution in [0.15, 0.2) is 18.2 Å². The highest BCUT2D eigenvalue weighted by atomic mass is 19.1. The molecule has 0 aromatic heterocycles. The fourth-order valence-electron chi connectivity index (χ4n) is 1.16. The summed E-state index contributed by atoms with van der Waals surface area (Å²) in [5, 5.41) is 19.2. The first-order chi connectivity index (χ1) is 6.57. The molecule has 14 heavy (non-hydrogen) atoms. The first-order valence-electron chi connectivity index (χ1n) is 4.11. The molecule has 4 nitrogen and oxygen atoms in total. The summed E-state index contributed by atoms with van der Waals surface area (Å²) >= 11 is 0. The Morgan fingerprint density at radius 2 is 2.29 bits per heavy atom. The van der Waals surface area contributed by atoms with Crippen LogP contribution in [0, 0.1) is 15.9 Å². The van der Waals surface area contributed by atoms with Crippen LogP contribution in [0.1, 0.15) is 18.4 Å². The van der Waals surface area contributed by atoms with Crippen molar-refractivity contribution in [2.24, 2.45) is 0 Å². The third-order valence-electron chi connectivity index (χ3n) is 2.01. The van der Waals surface area contributed by atoms with Crippen molar-refractivity contribution in [2.75, 3.05) is 6.61 Å². The maximum absolute atomic E-state index is 13.4. The maximum atomic E-state index is 13.4. The normalized spacial score (nSPS) is 12.5. The number of hydrogen-bond donors (Lipinski definition) is 1. The summed E-state index contributed by atoms with van der Waals surface area (Å²) in [6, 6.07) is 3.94. The fourth-order valence-corrected chi connectivity index (χ4v) is 1.16. The lowest BCUT2D eigenvalue weighted by molar-refractivity contribution is -0.387. The third-order valence-corrected chi connectivity index (χ3v) is 2.01. The van der Waals surface area contributed by atoms with Gasteiger partial charge in [-0.25, -0.2) is 0 Å². The molecule has 0 bridgehead atoms. The number of nitro groups is 1. The number of hydrogen-bond acceptors (Lipinski definition) is 3. The zero-order chi connectivity index (χ0) is 10.7. The summed E-state index contributed by atoms with van der Waals surface area (Å²) < 4.78 is 13.4. The van der Waals surface area contributed by atoms with Crippen molar-refractivity contribution in [1.29, 1.82) is 0 Å². The average molecular weight is 199 g/mol. The van der Waals surface area contributed by atoms with Crippen molar-refractivity contribution in [2.45, 2.75) is 12.8 Å². The smallest absolute Gasteiger partial charge is 0.305 e. The maximum Gasteiger partial charge on any atom is 0.305 e. The summed E-state index contributed by atoms with van der Waals surface area (Å²) in [6.07, 6.45) is 0. The van der Waals surface area contributed by atoms with E-state index >= 15 is 0 Å². The van der Waals surface area contributed by atoms with Crippen molar-refractivity contribution in [3.63, 3.8) is 0 Å². The zero-order valence-corrected chi connectivity index (χ0v) is 7.61. The van der Waals surface area contributed by atoms with E-state index in [-0.39, 0.29) is 12.2 Å². The molecule has 0 aliphatic carbocycles. The molecule has 76 valence electrons. The van der Waals surface area contributed by atoms with Crippen LogP contribution in [-0.4, -0.2) is 16.6 Å². The molecule has 1 aromatic carbocycles. The van der Waals surface area contributed by atoms with Crippen molar-refractivity contribution in [3.05, 3.63) is 39.7 Å². The van der Waals surface area contributed by atoms with Gasteiger partial charge in [-0.1, -0.05) is 19.1 Å². The summed E-state index contributed by atoms with van der Waals surface area (Å²) in [5.41, 5.74) is -0.385. The van der Waals surface area contributed by atoms with Crippen LogP contribution in [0.3, 0.4) is 0 Å². The standard InChI is InChI=1S/C9H10FNO3/c1-6(5-12)7-3-2-4-8(9(7)10)11(13)14/h2-4,6,12H,5H2,1H3. The van der Waals surface area contributed by atoms with E-state index in [1.807, 2.05) is 0 Å². The van der Waals surface area contributed by atoms with E-state index in [2.05, 4.69) is 0 Å². The summed E-state index contributed by atoms with van der Waals surface area (Å²) in [6.45, 7) is 1.36. The van der Waals surface area contributed by atoms with Crippen molar-refractivity contribution < 1.29 is 14.4 Å². The Labute approximate surface area is 80.1 Å². The van der Waals surface area contributed by atoms with Gasteiger partial charge in [0, 0.05) is 24.2 Å². The Balaban J connectivity index is 3.20. The molecule has 5 heteroatoms. The Morgan fingerprint density at radius 1 is 1.64 bits per heavy atom. The molecule has 0 radical (unpaired) electrons. The zero-order valence-electron chi connectivity index (χ0n) is 7.61. The predicted octanol–water partition coefficient (Wildman–Crippen LogP) is 1.83. The monoisotopic (exact) mass is 199 g/mol. The van der Waals surface area contributed by atoms with Crippen LogP contribution in [0.4, 0.5) is 10.1 Å². The molecule has 0 saturated carbocycles. The van der Waals surface area contributed by atoms with Crippen molar-refractivity contribution >= 4 is 5.69 Å². The number of nitrogens with zero attached hydrogens (tertiary/aromatic N) is 1. The lowest BCUT2D eigenvalue weighted by atomic mass is 10.0. The van der Waals surface area contributed by atoms with Gasteiger partial charge in [-0.15, -0.1) is 0 Å². The van der Waals surface area contributed by atoms with Crippen LogP contribution in [-0.2, 0) is 0 Å². The number of rotatable bonds is 3. The molecule has 0 heterocycles. The molecule has 0 saturated heterocycles. The van der Waals surface area contributed by atoms with E-state index in [4.69, 9.17) is 5.11 Å². The quantitative estimate of drug-likeness (QED) is 0.596. The van der Waals surface area contributed by atoms with Crippen LogP contribution in [0.25, 0.3) is 0 Å². The van der Waals surface area contributed by atoms with E-state index in [0.29, 0.717) is 0 Å². The van der Waals surface area contributed by atoms with Gasteiger partial charge in [0.05, 0.1) is 4.92 Å². The van der Waals surface area contributed by atoms with Gasteiger partial charge < -0.3 is 5.11 Å². The highest BCUT2D eigenvalue weighted by molar-refractivity contribution is 5.38. The van der Waals surface area contributed by atoms with E-state index < -0.39 is 22.3 Å². The molecular formula is C9H10FNO3. The average Bonchev–Trinajstić information content (AvgIpc) is 2.16. The summed E-state index contributed by atoms with van der Waals surface area (Å²) in [7, 11) is 0. The molecule has 1 aromatic rings. The molecule has 1 rings (SSSR count). The number of nitro benzene ring substituents is 1. The molecule has 1 N–H and O–H groups in total. The summed E-state index contributed by atoms with van der Waals surface area (Å²) in [5.74, 6) is -1.30. The van der Waals surface area contributed by atoms with Gasteiger partial charge in [0.25, 0.3) is 0 Å². The number of aliphatic hydroxyl groups is 1. The van der Waals surface area contributed by atoms with Crippen LogP contribution < -0.4 is 0 Å². The minimum Gasteiger partial charge on any atom is -0.396 e. The van der Waals surface area contributed by atoms with Crippen molar-refractivity contribution in [1.82, 2.24) is 0 Å². The predicted molar refractivity (Wildman–Crippen MR) is 48.6 cm³/mol. The molecule has 1 atom stereocenters. The van der Waals surface area contributed by atoms with Gasteiger partial charge >= 0.3 is 5.69 Å². The second-order valence-corrected chi connectivity index (χ2v) is 3.02. The summed E-state index contributed by atoms with van der Waals surface area (Å²) in [4.78, 5) is 9.61.